The van der Waals surface area contributed by atoms with Gasteiger partial charge in [0.2, 0.25) is 0 Å². The van der Waals surface area contributed by atoms with Crippen molar-refractivity contribution in [2.75, 3.05) is 0 Å². The number of nitrogens with zero attached hydrogens (tertiary/aromatic N) is 2. The van der Waals surface area contributed by atoms with Crippen molar-refractivity contribution in [2.24, 2.45) is 10.9 Å². The smallest absolute Gasteiger partial charge is 0.320 e. The van der Waals surface area contributed by atoms with Crippen molar-refractivity contribution >= 4 is 17.2 Å². The Labute approximate surface area is 164 Å². The summed E-state index contributed by atoms with van der Waals surface area (Å²) < 4.78 is 55.1. The van der Waals surface area contributed by atoms with Crippen LogP contribution in [0.15, 0.2) is 23.2 Å². The van der Waals surface area contributed by atoms with Crippen LogP contribution < -0.4 is 4.80 Å². The summed E-state index contributed by atoms with van der Waals surface area (Å²) in [6.07, 6.45) is -2.67. The molecule has 0 radical (unpaired) electrons. The number of carbonyl (C=O) groups excluding carboxylic acids is 1. The lowest BCUT2D eigenvalue weighted by Crippen LogP contribution is -2.20. The third-order valence-electron chi connectivity index (χ3n) is 4.71. The number of hydrogen-bond acceptors (Lipinski definition) is 2. The van der Waals surface area contributed by atoms with E-state index in [1.54, 1.807) is 0 Å². The van der Waals surface area contributed by atoms with Crippen molar-refractivity contribution in [1.29, 1.82) is 0 Å². The molecular weight excluding hydrogens is 392 g/mol. The van der Waals surface area contributed by atoms with Gasteiger partial charge in [0.15, 0.2) is 4.80 Å². The van der Waals surface area contributed by atoms with E-state index in [0.717, 1.165) is 35.5 Å². The molecule has 1 amide bonds. The average molecular weight is 414 g/mol. The van der Waals surface area contributed by atoms with Crippen LogP contribution in [0.2, 0.25) is 0 Å². The van der Waals surface area contributed by atoms with Crippen LogP contribution in [0.25, 0.3) is 0 Å². The maximum absolute atomic E-state index is 14.3. The minimum Gasteiger partial charge on any atom is -0.320 e. The minimum absolute atomic E-state index is 0.168. The van der Waals surface area contributed by atoms with Gasteiger partial charge in [-0.15, -0.1) is 11.3 Å². The summed E-state index contributed by atoms with van der Waals surface area (Å²) in [6.45, 7) is 8.80. The molecule has 3 rings (SSSR count). The monoisotopic (exact) mass is 414 g/mol. The number of alkyl halides is 3. The number of thiazole rings is 1. The Kier molecular flexibility index (Phi) is 5.29. The van der Waals surface area contributed by atoms with E-state index in [4.69, 9.17) is 0 Å². The standard InChI is InChI=1S/C20H22F4N2OS/c1-11-16(19(2,3)4)28-18(26(11)10-12-8-9-12)25-17(27)13-6-5-7-14(15(13)21)20(22,23)24/h5-7,12H,8-10H2,1-4H3/b25-18-. The molecule has 0 saturated heterocycles. The summed E-state index contributed by atoms with van der Waals surface area (Å²) in [6, 6.07) is 2.67. The molecule has 0 spiro atoms. The van der Waals surface area contributed by atoms with Crippen LogP contribution in [-0.4, -0.2) is 10.5 Å². The van der Waals surface area contributed by atoms with Gasteiger partial charge in [0.1, 0.15) is 5.82 Å². The lowest BCUT2D eigenvalue weighted by atomic mass is 9.93. The summed E-state index contributed by atoms with van der Waals surface area (Å²) in [5.41, 5.74) is -1.31. The molecule has 1 heterocycles. The van der Waals surface area contributed by atoms with Crippen molar-refractivity contribution in [1.82, 2.24) is 4.57 Å². The van der Waals surface area contributed by atoms with Gasteiger partial charge in [-0.05, 0) is 43.2 Å². The largest absolute Gasteiger partial charge is 0.419 e. The number of hydrogen-bond donors (Lipinski definition) is 0. The van der Waals surface area contributed by atoms with Crippen molar-refractivity contribution in [3.63, 3.8) is 0 Å². The lowest BCUT2D eigenvalue weighted by molar-refractivity contribution is -0.140. The molecule has 0 unspecified atom stereocenters. The van der Waals surface area contributed by atoms with Crippen LogP contribution in [0.1, 0.15) is 60.1 Å². The number of aromatic nitrogens is 1. The quantitative estimate of drug-likeness (QED) is 0.614. The van der Waals surface area contributed by atoms with Gasteiger partial charge in [0, 0.05) is 17.1 Å². The van der Waals surface area contributed by atoms with Gasteiger partial charge in [-0.25, -0.2) is 4.39 Å². The fourth-order valence-corrected chi connectivity index (χ4v) is 4.30. The molecule has 0 N–H and O–H groups in total. The molecule has 2 aromatic rings. The van der Waals surface area contributed by atoms with E-state index in [1.165, 1.54) is 11.3 Å². The zero-order chi connectivity index (χ0) is 20.9. The maximum Gasteiger partial charge on any atom is 0.419 e. The van der Waals surface area contributed by atoms with E-state index < -0.39 is 29.0 Å². The molecule has 3 nitrogen and oxygen atoms in total. The van der Waals surface area contributed by atoms with E-state index in [-0.39, 0.29) is 5.41 Å². The summed E-state index contributed by atoms with van der Waals surface area (Å²) in [7, 11) is 0. The molecule has 1 fully saturated rings. The molecule has 1 aromatic heterocycles. The molecule has 0 bridgehead atoms. The Bertz CT molecular complexity index is 976. The zero-order valence-electron chi connectivity index (χ0n) is 16.2. The van der Waals surface area contributed by atoms with Gasteiger partial charge in [-0.1, -0.05) is 26.8 Å². The molecule has 28 heavy (non-hydrogen) atoms. The minimum atomic E-state index is -4.87. The van der Waals surface area contributed by atoms with Gasteiger partial charge in [0.05, 0.1) is 11.1 Å². The number of benzene rings is 1. The molecule has 1 aliphatic carbocycles. The predicted molar refractivity (Wildman–Crippen MR) is 99.8 cm³/mol. The summed E-state index contributed by atoms with van der Waals surface area (Å²) in [5.74, 6) is -2.07. The Morgan fingerprint density at radius 3 is 2.43 bits per heavy atom. The highest BCUT2D eigenvalue weighted by Crippen LogP contribution is 2.34. The molecule has 0 atom stereocenters. The van der Waals surface area contributed by atoms with Gasteiger partial charge < -0.3 is 4.57 Å². The topological polar surface area (TPSA) is 34.4 Å². The van der Waals surface area contributed by atoms with Crippen LogP contribution >= 0.6 is 11.3 Å². The zero-order valence-corrected chi connectivity index (χ0v) is 17.0. The second-order valence-electron chi connectivity index (χ2n) is 8.18. The molecule has 0 aliphatic heterocycles. The number of halogens is 4. The molecule has 1 aromatic carbocycles. The van der Waals surface area contributed by atoms with Crippen molar-refractivity contribution in [2.45, 2.75) is 58.7 Å². The molecule has 152 valence electrons. The SMILES string of the molecule is Cc1c(C(C)(C)C)s/c(=N\C(=O)c2cccc(C(F)(F)F)c2F)n1CC1CC1. The fourth-order valence-electron chi connectivity index (χ4n) is 3.10. The van der Waals surface area contributed by atoms with Crippen LogP contribution in [0.5, 0.6) is 0 Å². The Balaban J connectivity index is 2.10. The van der Waals surface area contributed by atoms with Crippen LogP contribution in [-0.2, 0) is 18.1 Å². The van der Waals surface area contributed by atoms with Crippen LogP contribution in [0, 0.1) is 18.7 Å². The first-order chi connectivity index (χ1) is 12.9. The van der Waals surface area contributed by atoms with Crippen LogP contribution in [0.4, 0.5) is 17.6 Å². The van der Waals surface area contributed by atoms with E-state index in [2.05, 4.69) is 4.99 Å². The van der Waals surface area contributed by atoms with E-state index in [1.807, 2.05) is 32.3 Å². The van der Waals surface area contributed by atoms with Crippen LogP contribution in [0.3, 0.4) is 0 Å². The normalized spacial score (nSPS) is 15.9. The van der Waals surface area contributed by atoms with E-state index >= 15 is 0 Å². The first kappa shape index (κ1) is 20.8. The third kappa shape index (κ3) is 4.21. The molecular formula is C20H22F4N2OS. The summed E-state index contributed by atoms with van der Waals surface area (Å²) in [5, 5.41) is 0. The molecule has 1 aliphatic rings. The Hall–Kier alpha value is -1.96. The van der Waals surface area contributed by atoms with Crippen molar-refractivity contribution in [3.8, 4) is 0 Å². The summed E-state index contributed by atoms with van der Waals surface area (Å²) >= 11 is 1.33. The lowest BCUT2D eigenvalue weighted by Gasteiger charge is -2.17. The van der Waals surface area contributed by atoms with E-state index in [9.17, 15) is 22.4 Å². The second kappa shape index (κ2) is 7.13. The van der Waals surface area contributed by atoms with Crippen molar-refractivity contribution < 1.29 is 22.4 Å². The highest BCUT2D eigenvalue weighted by Gasteiger charge is 2.36. The average Bonchev–Trinajstić information content (AvgIpc) is 3.32. The molecule has 8 heteroatoms. The highest BCUT2D eigenvalue weighted by atomic mass is 32.1. The van der Waals surface area contributed by atoms with Gasteiger partial charge >= 0.3 is 6.18 Å². The number of rotatable bonds is 3. The summed E-state index contributed by atoms with van der Waals surface area (Å²) in [4.78, 5) is 18.0. The number of carbonyl (C=O) groups is 1. The van der Waals surface area contributed by atoms with Gasteiger partial charge in [0.25, 0.3) is 5.91 Å². The third-order valence-corrected chi connectivity index (χ3v) is 6.31. The second-order valence-corrected chi connectivity index (χ2v) is 9.16. The highest BCUT2D eigenvalue weighted by molar-refractivity contribution is 7.09. The predicted octanol–water partition coefficient (Wildman–Crippen LogP) is 5.46. The maximum atomic E-state index is 14.3. The molecule has 1 saturated carbocycles. The van der Waals surface area contributed by atoms with E-state index in [0.29, 0.717) is 23.3 Å². The Morgan fingerprint density at radius 1 is 1.25 bits per heavy atom. The Morgan fingerprint density at radius 2 is 1.89 bits per heavy atom. The van der Waals surface area contributed by atoms with Gasteiger partial charge in [-0.2, -0.15) is 18.2 Å². The fraction of sp³-hybridized carbons (Fsp3) is 0.500. The first-order valence-electron chi connectivity index (χ1n) is 9.05. The van der Waals surface area contributed by atoms with Gasteiger partial charge in [-0.3, -0.25) is 4.79 Å². The number of amides is 1. The first-order valence-corrected chi connectivity index (χ1v) is 9.86. The van der Waals surface area contributed by atoms with Crippen molar-refractivity contribution in [3.05, 3.63) is 50.5 Å².